The van der Waals surface area contributed by atoms with E-state index in [1.165, 1.54) is 5.56 Å². The molecule has 0 amide bonds. The van der Waals surface area contributed by atoms with Crippen LogP contribution in [0.4, 0.5) is 0 Å². The Morgan fingerprint density at radius 2 is 1.92 bits per heavy atom. The minimum atomic E-state index is 0.584. The van der Waals surface area contributed by atoms with Gasteiger partial charge in [-0.1, -0.05) is 30.3 Å². The van der Waals surface area contributed by atoms with Gasteiger partial charge in [0.1, 0.15) is 0 Å². The molecule has 0 aliphatic carbocycles. The van der Waals surface area contributed by atoms with E-state index in [2.05, 4.69) is 55.5 Å². The Bertz CT molecular complexity index is 235. The number of hydrogen-bond acceptors (Lipinski definition) is 2. The Labute approximate surface area is 85.1 Å². The zero-order chi connectivity index (χ0) is 9.68. The summed E-state index contributed by atoms with van der Waals surface area (Å²) >= 11 is 1.88. The zero-order valence-corrected chi connectivity index (χ0v) is 9.34. The molecule has 0 aliphatic heterocycles. The molecule has 0 aromatic heterocycles. The van der Waals surface area contributed by atoms with E-state index in [0.717, 1.165) is 6.54 Å². The van der Waals surface area contributed by atoms with Gasteiger partial charge in [0.2, 0.25) is 0 Å². The maximum Gasteiger partial charge on any atom is 0.0526 e. The van der Waals surface area contributed by atoms with E-state index in [4.69, 9.17) is 0 Å². The van der Waals surface area contributed by atoms with Gasteiger partial charge in [0, 0.05) is 6.54 Å². The van der Waals surface area contributed by atoms with Gasteiger partial charge in [0.05, 0.1) is 5.37 Å². The van der Waals surface area contributed by atoms with Crippen LogP contribution in [0.15, 0.2) is 30.3 Å². The van der Waals surface area contributed by atoms with E-state index >= 15 is 0 Å². The number of rotatable bonds is 4. The van der Waals surface area contributed by atoms with Gasteiger partial charge >= 0.3 is 0 Å². The summed E-state index contributed by atoms with van der Waals surface area (Å²) in [4.78, 5) is 2.35. The lowest BCUT2D eigenvalue weighted by Gasteiger charge is -2.22. The van der Waals surface area contributed by atoms with Gasteiger partial charge in [0.25, 0.3) is 0 Å². The van der Waals surface area contributed by atoms with Crippen LogP contribution < -0.4 is 0 Å². The normalized spacial score (nSPS) is 13.2. The molecule has 0 aliphatic rings. The molecule has 13 heavy (non-hydrogen) atoms. The summed E-state index contributed by atoms with van der Waals surface area (Å²) in [5, 5.41) is 0.584. The summed E-state index contributed by atoms with van der Waals surface area (Å²) in [6.07, 6.45) is 2.14. The van der Waals surface area contributed by atoms with E-state index in [9.17, 15) is 0 Å². The maximum absolute atomic E-state index is 2.35. The van der Waals surface area contributed by atoms with Gasteiger partial charge in [-0.3, -0.25) is 4.90 Å². The molecule has 1 unspecified atom stereocenters. The van der Waals surface area contributed by atoms with Crippen molar-refractivity contribution in [1.82, 2.24) is 4.90 Å². The Morgan fingerprint density at radius 1 is 1.31 bits per heavy atom. The molecule has 0 radical (unpaired) electrons. The first-order valence-corrected chi connectivity index (χ1v) is 5.80. The summed E-state index contributed by atoms with van der Waals surface area (Å²) in [5.41, 5.74) is 1.38. The summed E-state index contributed by atoms with van der Waals surface area (Å²) in [7, 11) is 2.16. The zero-order valence-electron chi connectivity index (χ0n) is 8.53. The van der Waals surface area contributed by atoms with Gasteiger partial charge in [-0.2, -0.15) is 0 Å². The first-order valence-electron chi connectivity index (χ1n) is 4.51. The molecule has 0 spiro atoms. The molecule has 1 aromatic rings. The molecule has 0 saturated carbocycles. The third-order valence-electron chi connectivity index (χ3n) is 2.24. The quantitative estimate of drug-likeness (QED) is 0.680. The molecular formula is C11H17NS. The summed E-state index contributed by atoms with van der Waals surface area (Å²) < 4.78 is 0. The highest BCUT2D eigenvalue weighted by atomic mass is 32.2. The number of nitrogens with zero attached hydrogens (tertiary/aromatic N) is 1. The molecule has 0 heterocycles. The van der Waals surface area contributed by atoms with Crippen molar-refractivity contribution in [2.45, 2.75) is 18.8 Å². The van der Waals surface area contributed by atoms with Gasteiger partial charge in [-0.05, 0) is 25.8 Å². The third-order valence-corrected chi connectivity index (χ3v) is 3.28. The predicted molar refractivity (Wildman–Crippen MR) is 60.9 cm³/mol. The molecule has 1 atom stereocenters. The highest BCUT2D eigenvalue weighted by molar-refractivity contribution is 7.99. The Morgan fingerprint density at radius 3 is 2.46 bits per heavy atom. The average Bonchev–Trinajstić information content (AvgIpc) is 2.18. The van der Waals surface area contributed by atoms with Gasteiger partial charge in [-0.15, -0.1) is 11.8 Å². The van der Waals surface area contributed by atoms with E-state index in [-0.39, 0.29) is 0 Å². The molecule has 0 bridgehead atoms. The standard InChI is InChI=1S/C11H17NS/c1-10(13-3)12(2)9-11-7-5-4-6-8-11/h4-8,10H,9H2,1-3H3. The summed E-state index contributed by atoms with van der Waals surface area (Å²) in [6.45, 7) is 3.26. The van der Waals surface area contributed by atoms with Crippen LogP contribution in [0.5, 0.6) is 0 Å². The van der Waals surface area contributed by atoms with E-state index in [1.807, 2.05) is 11.8 Å². The third kappa shape index (κ3) is 3.41. The molecule has 0 saturated heterocycles. The molecule has 1 nitrogen and oxygen atoms in total. The second kappa shape index (κ2) is 5.30. The van der Waals surface area contributed by atoms with E-state index in [1.54, 1.807) is 0 Å². The highest BCUT2D eigenvalue weighted by Gasteiger charge is 2.06. The monoisotopic (exact) mass is 195 g/mol. The topological polar surface area (TPSA) is 3.24 Å². The van der Waals surface area contributed by atoms with Crippen LogP contribution in [0.3, 0.4) is 0 Å². The fourth-order valence-electron chi connectivity index (χ4n) is 1.18. The highest BCUT2D eigenvalue weighted by Crippen LogP contribution is 2.12. The molecule has 1 aromatic carbocycles. The Kier molecular flexibility index (Phi) is 4.33. The predicted octanol–water partition coefficient (Wildman–Crippen LogP) is 2.83. The van der Waals surface area contributed by atoms with Crippen molar-refractivity contribution in [1.29, 1.82) is 0 Å². The number of hydrogen-bond donors (Lipinski definition) is 0. The number of thioether (sulfide) groups is 1. The van der Waals surface area contributed by atoms with Crippen molar-refractivity contribution in [3.8, 4) is 0 Å². The molecule has 72 valence electrons. The fourth-order valence-corrected chi connectivity index (χ4v) is 1.61. The first kappa shape index (κ1) is 10.6. The van der Waals surface area contributed by atoms with Crippen LogP contribution >= 0.6 is 11.8 Å². The van der Waals surface area contributed by atoms with Crippen molar-refractivity contribution in [2.75, 3.05) is 13.3 Å². The SMILES string of the molecule is CSC(C)N(C)Cc1ccccc1. The van der Waals surface area contributed by atoms with Gasteiger partial charge in [-0.25, -0.2) is 0 Å². The lowest BCUT2D eigenvalue weighted by atomic mass is 10.2. The fraction of sp³-hybridized carbons (Fsp3) is 0.455. The summed E-state index contributed by atoms with van der Waals surface area (Å²) in [5.74, 6) is 0. The number of benzene rings is 1. The second-order valence-electron chi connectivity index (χ2n) is 3.24. The van der Waals surface area contributed by atoms with Crippen molar-refractivity contribution in [2.24, 2.45) is 0 Å². The van der Waals surface area contributed by atoms with Crippen LogP contribution in [-0.4, -0.2) is 23.6 Å². The van der Waals surface area contributed by atoms with Crippen molar-refractivity contribution >= 4 is 11.8 Å². The van der Waals surface area contributed by atoms with Crippen molar-refractivity contribution < 1.29 is 0 Å². The van der Waals surface area contributed by atoms with Crippen molar-refractivity contribution in [3.63, 3.8) is 0 Å². The van der Waals surface area contributed by atoms with Crippen molar-refractivity contribution in [3.05, 3.63) is 35.9 Å². The van der Waals surface area contributed by atoms with Gasteiger partial charge < -0.3 is 0 Å². The average molecular weight is 195 g/mol. The molecule has 0 N–H and O–H groups in total. The first-order chi connectivity index (χ1) is 6.24. The smallest absolute Gasteiger partial charge is 0.0526 e. The van der Waals surface area contributed by atoms with Crippen LogP contribution in [0.25, 0.3) is 0 Å². The minimum absolute atomic E-state index is 0.584. The summed E-state index contributed by atoms with van der Waals surface area (Å²) in [6, 6.07) is 10.6. The largest absolute Gasteiger partial charge is 0.291 e. The molecule has 0 fully saturated rings. The maximum atomic E-state index is 2.35. The molecule has 1 rings (SSSR count). The van der Waals surface area contributed by atoms with Crippen LogP contribution in [0, 0.1) is 0 Å². The Balaban J connectivity index is 2.50. The van der Waals surface area contributed by atoms with E-state index < -0.39 is 0 Å². The van der Waals surface area contributed by atoms with Crippen LogP contribution in [0.1, 0.15) is 12.5 Å². The van der Waals surface area contributed by atoms with Crippen LogP contribution in [-0.2, 0) is 6.54 Å². The molecular weight excluding hydrogens is 178 g/mol. The second-order valence-corrected chi connectivity index (χ2v) is 4.39. The van der Waals surface area contributed by atoms with Gasteiger partial charge in [0.15, 0.2) is 0 Å². The Hall–Kier alpha value is -0.470. The minimum Gasteiger partial charge on any atom is -0.291 e. The van der Waals surface area contributed by atoms with E-state index in [0.29, 0.717) is 5.37 Å². The molecule has 2 heteroatoms. The lowest BCUT2D eigenvalue weighted by molar-refractivity contribution is 0.320. The lowest BCUT2D eigenvalue weighted by Crippen LogP contribution is -2.25. The van der Waals surface area contributed by atoms with Crippen LogP contribution in [0.2, 0.25) is 0 Å².